The van der Waals surface area contributed by atoms with Crippen molar-refractivity contribution in [3.8, 4) is 0 Å². The minimum atomic E-state index is 0.256. The van der Waals surface area contributed by atoms with E-state index in [-0.39, 0.29) is 5.92 Å². The Hall–Kier alpha value is -0.900. The van der Waals surface area contributed by atoms with Crippen molar-refractivity contribution in [2.75, 3.05) is 18.0 Å². The quantitative estimate of drug-likeness (QED) is 0.836. The van der Waals surface area contributed by atoms with E-state index in [2.05, 4.69) is 25.8 Å². The standard InChI is InChI=1S/C12H15BrN2O/c1-9(16)10-4-6-15(7-5-10)12-3-2-11(13)8-14-12/h2-3,8,10H,4-7H2,1H3. The zero-order valence-corrected chi connectivity index (χ0v) is 10.9. The second kappa shape index (κ2) is 4.95. The number of Topliss-reactive ketones (excluding diaryl/α,β-unsaturated/α-hetero) is 1. The van der Waals surface area contributed by atoms with Crippen molar-refractivity contribution in [2.24, 2.45) is 5.92 Å². The summed E-state index contributed by atoms with van der Waals surface area (Å²) in [4.78, 5) is 17.9. The molecule has 2 rings (SSSR count). The summed E-state index contributed by atoms with van der Waals surface area (Å²) in [5.74, 6) is 1.58. The molecule has 16 heavy (non-hydrogen) atoms. The second-order valence-electron chi connectivity index (χ2n) is 4.21. The third-order valence-electron chi connectivity index (χ3n) is 3.11. The Morgan fingerprint density at radius 1 is 1.44 bits per heavy atom. The molecule has 2 heterocycles. The number of rotatable bonds is 2. The number of nitrogens with zero attached hydrogens (tertiary/aromatic N) is 2. The molecule has 0 atom stereocenters. The number of carbonyl (C=O) groups is 1. The smallest absolute Gasteiger partial charge is 0.133 e. The number of hydrogen-bond donors (Lipinski definition) is 0. The first-order chi connectivity index (χ1) is 7.66. The minimum absolute atomic E-state index is 0.256. The van der Waals surface area contributed by atoms with Crippen LogP contribution in [0, 0.1) is 5.92 Å². The van der Waals surface area contributed by atoms with E-state index >= 15 is 0 Å². The molecule has 1 fully saturated rings. The Kier molecular flexibility index (Phi) is 3.59. The molecule has 0 aliphatic carbocycles. The molecule has 0 unspecified atom stereocenters. The van der Waals surface area contributed by atoms with E-state index in [9.17, 15) is 4.79 Å². The van der Waals surface area contributed by atoms with Gasteiger partial charge in [-0.2, -0.15) is 0 Å². The molecular formula is C12H15BrN2O. The van der Waals surface area contributed by atoms with E-state index in [0.717, 1.165) is 36.2 Å². The lowest BCUT2D eigenvalue weighted by Crippen LogP contribution is -2.36. The third kappa shape index (κ3) is 2.61. The highest BCUT2D eigenvalue weighted by atomic mass is 79.9. The summed E-state index contributed by atoms with van der Waals surface area (Å²) in [5.41, 5.74) is 0. The maximum Gasteiger partial charge on any atom is 0.133 e. The van der Waals surface area contributed by atoms with Crippen LogP contribution in [0.3, 0.4) is 0 Å². The van der Waals surface area contributed by atoms with Crippen molar-refractivity contribution < 1.29 is 4.79 Å². The molecule has 1 aliphatic heterocycles. The SMILES string of the molecule is CC(=O)C1CCN(c2ccc(Br)cn2)CC1. The van der Waals surface area contributed by atoms with Crippen LogP contribution in [0.5, 0.6) is 0 Å². The fourth-order valence-electron chi connectivity index (χ4n) is 2.07. The normalized spacial score (nSPS) is 17.5. The van der Waals surface area contributed by atoms with Gasteiger partial charge >= 0.3 is 0 Å². The van der Waals surface area contributed by atoms with Crippen LogP contribution in [0.15, 0.2) is 22.8 Å². The first kappa shape index (κ1) is 11.6. The molecule has 0 saturated carbocycles. The summed E-state index contributed by atoms with van der Waals surface area (Å²) in [5, 5.41) is 0. The van der Waals surface area contributed by atoms with Crippen LogP contribution >= 0.6 is 15.9 Å². The van der Waals surface area contributed by atoms with Crippen LogP contribution in [-0.2, 0) is 4.79 Å². The van der Waals surface area contributed by atoms with Gasteiger partial charge in [0, 0.05) is 29.7 Å². The summed E-state index contributed by atoms with van der Waals surface area (Å²) >= 11 is 3.37. The molecular weight excluding hydrogens is 268 g/mol. The Morgan fingerprint density at radius 3 is 2.62 bits per heavy atom. The Balaban J connectivity index is 1.99. The van der Waals surface area contributed by atoms with Gasteiger partial charge in [-0.05, 0) is 47.8 Å². The fourth-order valence-corrected chi connectivity index (χ4v) is 2.30. The number of aromatic nitrogens is 1. The zero-order valence-electron chi connectivity index (χ0n) is 9.32. The molecule has 4 heteroatoms. The maximum absolute atomic E-state index is 11.2. The van der Waals surface area contributed by atoms with Crippen LogP contribution in [0.25, 0.3) is 0 Å². The molecule has 1 aliphatic rings. The Bertz CT molecular complexity index is 369. The van der Waals surface area contributed by atoms with Gasteiger partial charge in [0.2, 0.25) is 0 Å². The van der Waals surface area contributed by atoms with Gasteiger partial charge in [-0.15, -0.1) is 0 Å². The van der Waals surface area contributed by atoms with Gasteiger partial charge in [0.25, 0.3) is 0 Å². The highest BCUT2D eigenvalue weighted by Gasteiger charge is 2.22. The van der Waals surface area contributed by atoms with E-state index in [1.807, 2.05) is 18.3 Å². The third-order valence-corrected chi connectivity index (χ3v) is 3.57. The van der Waals surface area contributed by atoms with Gasteiger partial charge in [0.1, 0.15) is 11.6 Å². The number of anilines is 1. The Labute approximate surface area is 104 Å². The highest BCUT2D eigenvalue weighted by Crippen LogP contribution is 2.23. The van der Waals surface area contributed by atoms with Crippen LogP contribution in [0.1, 0.15) is 19.8 Å². The van der Waals surface area contributed by atoms with E-state index in [1.54, 1.807) is 6.92 Å². The van der Waals surface area contributed by atoms with Crippen molar-refractivity contribution in [2.45, 2.75) is 19.8 Å². The number of ketones is 1. The highest BCUT2D eigenvalue weighted by molar-refractivity contribution is 9.10. The molecule has 1 aromatic rings. The van der Waals surface area contributed by atoms with Crippen LogP contribution < -0.4 is 4.90 Å². The van der Waals surface area contributed by atoms with Crippen LogP contribution in [0.4, 0.5) is 5.82 Å². The molecule has 3 nitrogen and oxygen atoms in total. The molecule has 1 aromatic heterocycles. The molecule has 0 amide bonds. The summed E-state index contributed by atoms with van der Waals surface area (Å²) in [6, 6.07) is 4.01. The van der Waals surface area contributed by atoms with Crippen molar-refractivity contribution >= 4 is 27.5 Å². The first-order valence-corrected chi connectivity index (χ1v) is 6.33. The molecule has 0 radical (unpaired) electrons. The summed E-state index contributed by atoms with van der Waals surface area (Å²) in [7, 11) is 0. The number of carbonyl (C=O) groups excluding carboxylic acids is 1. The average molecular weight is 283 g/mol. The second-order valence-corrected chi connectivity index (χ2v) is 5.12. The Morgan fingerprint density at radius 2 is 2.12 bits per heavy atom. The van der Waals surface area contributed by atoms with Crippen LogP contribution in [-0.4, -0.2) is 23.9 Å². The monoisotopic (exact) mass is 282 g/mol. The van der Waals surface area contributed by atoms with Gasteiger partial charge in [0.15, 0.2) is 0 Å². The first-order valence-electron chi connectivity index (χ1n) is 5.54. The van der Waals surface area contributed by atoms with E-state index in [0.29, 0.717) is 5.78 Å². The average Bonchev–Trinajstić information content (AvgIpc) is 2.30. The van der Waals surface area contributed by atoms with E-state index in [4.69, 9.17) is 0 Å². The largest absolute Gasteiger partial charge is 0.357 e. The summed E-state index contributed by atoms with van der Waals surface area (Å²) < 4.78 is 0.995. The number of piperidine rings is 1. The van der Waals surface area contributed by atoms with Crippen molar-refractivity contribution in [3.05, 3.63) is 22.8 Å². The molecule has 0 aromatic carbocycles. The van der Waals surface area contributed by atoms with Gasteiger partial charge in [-0.25, -0.2) is 4.98 Å². The van der Waals surface area contributed by atoms with Crippen molar-refractivity contribution in [1.29, 1.82) is 0 Å². The van der Waals surface area contributed by atoms with E-state index < -0.39 is 0 Å². The predicted octanol–water partition coefficient (Wildman–Crippen LogP) is 2.65. The molecule has 0 spiro atoms. The van der Waals surface area contributed by atoms with Gasteiger partial charge < -0.3 is 4.90 Å². The molecule has 0 bridgehead atoms. The lowest BCUT2D eigenvalue weighted by atomic mass is 9.93. The topological polar surface area (TPSA) is 33.2 Å². The number of hydrogen-bond acceptors (Lipinski definition) is 3. The van der Waals surface area contributed by atoms with Gasteiger partial charge in [-0.3, -0.25) is 4.79 Å². The minimum Gasteiger partial charge on any atom is -0.357 e. The van der Waals surface area contributed by atoms with E-state index in [1.165, 1.54) is 0 Å². The molecule has 0 N–H and O–H groups in total. The molecule has 86 valence electrons. The van der Waals surface area contributed by atoms with Crippen molar-refractivity contribution in [1.82, 2.24) is 4.98 Å². The molecule has 1 saturated heterocycles. The predicted molar refractivity (Wildman–Crippen MR) is 67.6 cm³/mol. The summed E-state index contributed by atoms with van der Waals surface area (Å²) in [6.45, 7) is 3.55. The fraction of sp³-hybridized carbons (Fsp3) is 0.500. The summed E-state index contributed by atoms with van der Waals surface area (Å²) in [6.07, 6.45) is 3.71. The number of pyridine rings is 1. The van der Waals surface area contributed by atoms with Crippen LogP contribution in [0.2, 0.25) is 0 Å². The van der Waals surface area contributed by atoms with Gasteiger partial charge in [-0.1, -0.05) is 0 Å². The van der Waals surface area contributed by atoms with Crippen molar-refractivity contribution in [3.63, 3.8) is 0 Å². The van der Waals surface area contributed by atoms with Gasteiger partial charge in [0.05, 0.1) is 0 Å². The number of halogens is 1. The maximum atomic E-state index is 11.2. The lowest BCUT2D eigenvalue weighted by molar-refractivity contribution is -0.121. The lowest BCUT2D eigenvalue weighted by Gasteiger charge is -2.31. The zero-order chi connectivity index (χ0) is 11.5.